The molecule has 0 N–H and O–H groups in total. The number of aromatic nitrogens is 3. The van der Waals surface area contributed by atoms with Gasteiger partial charge in [-0.15, -0.1) is 5.10 Å². The first kappa shape index (κ1) is 20.0. The molecule has 1 saturated heterocycles. The molecule has 2 aromatic rings. The van der Waals surface area contributed by atoms with Crippen molar-refractivity contribution in [3.05, 3.63) is 47.3 Å². The van der Waals surface area contributed by atoms with Gasteiger partial charge < -0.3 is 9.80 Å². The molecule has 1 aliphatic heterocycles. The predicted octanol–water partition coefficient (Wildman–Crippen LogP) is 2.62. The van der Waals surface area contributed by atoms with Crippen LogP contribution in [0.4, 0.5) is 0 Å². The molecule has 28 heavy (non-hydrogen) atoms. The average Bonchev–Trinajstić information content (AvgIpc) is 3.17. The lowest BCUT2D eigenvalue weighted by Gasteiger charge is -2.33. The Bertz CT molecular complexity index is 828. The first-order chi connectivity index (χ1) is 13.5. The van der Waals surface area contributed by atoms with Crippen LogP contribution in [0.5, 0.6) is 0 Å². The molecule has 1 aliphatic rings. The maximum Gasteiger partial charge on any atom is 0.276 e. The third-order valence-corrected chi connectivity index (χ3v) is 5.44. The summed E-state index contributed by atoms with van der Waals surface area (Å²) >= 11 is 0. The van der Waals surface area contributed by atoms with Gasteiger partial charge in [-0.1, -0.05) is 23.4 Å². The van der Waals surface area contributed by atoms with Crippen molar-refractivity contribution in [2.45, 2.75) is 40.2 Å². The Hall–Kier alpha value is -2.70. The van der Waals surface area contributed by atoms with Gasteiger partial charge in [-0.05, 0) is 51.2 Å². The topological polar surface area (TPSA) is 71.3 Å². The number of piperidine rings is 1. The van der Waals surface area contributed by atoms with Crippen LogP contribution in [0.15, 0.2) is 30.5 Å². The number of likely N-dealkylation sites (tertiary alicyclic amines) is 1. The Morgan fingerprint density at radius 2 is 1.96 bits per heavy atom. The minimum atomic E-state index is -0.0868. The number of benzene rings is 1. The minimum Gasteiger partial charge on any atom is -0.338 e. The highest BCUT2D eigenvalue weighted by Crippen LogP contribution is 2.21. The van der Waals surface area contributed by atoms with Gasteiger partial charge in [0.15, 0.2) is 5.69 Å². The summed E-state index contributed by atoms with van der Waals surface area (Å²) in [5.74, 6) is 0.315. The monoisotopic (exact) mass is 383 g/mol. The van der Waals surface area contributed by atoms with Gasteiger partial charge in [0.25, 0.3) is 11.8 Å². The minimum absolute atomic E-state index is 0.0868. The highest BCUT2D eigenvalue weighted by atomic mass is 16.2. The predicted molar refractivity (Wildman–Crippen MR) is 107 cm³/mol. The van der Waals surface area contributed by atoms with Crippen LogP contribution in [0.2, 0.25) is 0 Å². The molecule has 0 saturated carbocycles. The quantitative estimate of drug-likeness (QED) is 0.769. The molecule has 0 bridgehead atoms. The summed E-state index contributed by atoms with van der Waals surface area (Å²) in [6, 6.07) is 7.72. The van der Waals surface area contributed by atoms with E-state index in [9.17, 15) is 9.59 Å². The van der Waals surface area contributed by atoms with Crippen LogP contribution in [0.3, 0.4) is 0 Å². The normalized spacial score (nSPS) is 16.8. The molecular weight excluding hydrogens is 354 g/mol. The number of rotatable bonds is 6. The number of carbonyl (C=O) groups is 2. The first-order valence-electron chi connectivity index (χ1n) is 10.1. The van der Waals surface area contributed by atoms with Gasteiger partial charge >= 0.3 is 0 Å². The maximum absolute atomic E-state index is 12.9. The zero-order valence-electron chi connectivity index (χ0n) is 17.0. The maximum atomic E-state index is 12.9. The van der Waals surface area contributed by atoms with Crippen molar-refractivity contribution in [2.24, 2.45) is 5.92 Å². The second-order valence-corrected chi connectivity index (χ2v) is 7.38. The van der Waals surface area contributed by atoms with E-state index in [-0.39, 0.29) is 11.8 Å². The van der Waals surface area contributed by atoms with Crippen LogP contribution in [-0.4, -0.2) is 62.8 Å². The fourth-order valence-electron chi connectivity index (χ4n) is 3.80. The molecule has 2 heterocycles. The van der Waals surface area contributed by atoms with E-state index in [0.29, 0.717) is 37.8 Å². The summed E-state index contributed by atoms with van der Waals surface area (Å²) in [5.41, 5.74) is 2.16. The lowest BCUT2D eigenvalue weighted by atomic mass is 9.97. The average molecular weight is 383 g/mol. The van der Waals surface area contributed by atoms with Gasteiger partial charge in [-0.3, -0.25) is 14.3 Å². The van der Waals surface area contributed by atoms with Crippen LogP contribution in [0.1, 0.15) is 53.1 Å². The Labute approximate surface area is 166 Å². The van der Waals surface area contributed by atoms with Crippen molar-refractivity contribution in [2.75, 3.05) is 26.2 Å². The lowest BCUT2D eigenvalue weighted by molar-refractivity contribution is 0.0658. The molecule has 3 rings (SSSR count). The van der Waals surface area contributed by atoms with Gasteiger partial charge in [-0.2, -0.15) is 0 Å². The van der Waals surface area contributed by atoms with E-state index < -0.39 is 0 Å². The third-order valence-electron chi connectivity index (χ3n) is 5.44. The van der Waals surface area contributed by atoms with E-state index >= 15 is 0 Å². The van der Waals surface area contributed by atoms with Gasteiger partial charge in [0.1, 0.15) is 0 Å². The number of carbonyl (C=O) groups excluding carboxylic acids is 2. The smallest absolute Gasteiger partial charge is 0.276 e. The lowest BCUT2D eigenvalue weighted by Crippen LogP contribution is -2.41. The number of hydrogen-bond donors (Lipinski definition) is 0. The fraction of sp³-hybridized carbons (Fsp3) is 0.524. The van der Waals surface area contributed by atoms with Crippen LogP contribution in [0, 0.1) is 12.8 Å². The number of amides is 2. The standard InChI is InChI=1S/C21H29N5O2/c1-4-24(5-2)21(28)19-15-26(23-22-19)14-17-10-8-12-25(13-17)20(27)18-11-7-6-9-16(18)3/h6-7,9,11,15,17H,4-5,8,10,12-14H2,1-3H3/t17-/m0/s1. The molecule has 1 aromatic carbocycles. The highest BCUT2D eigenvalue weighted by Gasteiger charge is 2.26. The van der Waals surface area contributed by atoms with E-state index in [4.69, 9.17) is 0 Å². The fourth-order valence-corrected chi connectivity index (χ4v) is 3.80. The highest BCUT2D eigenvalue weighted by molar-refractivity contribution is 5.95. The SMILES string of the molecule is CCN(CC)C(=O)c1cn(C[C@H]2CCCN(C(=O)c3ccccc3C)C2)nn1. The summed E-state index contributed by atoms with van der Waals surface area (Å²) < 4.78 is 1.74. The van der Waals surface area contributed by atoms with Crippen molar-refractivity contribution in [3.63, 3.8) is 0 Å². The summed E-state index contributed by atoms with van der Waals surface area (Å²) in [7, 11) is 0. The van der Waals surface area contributed by atoms with E-state index in [1.54, 1.807) is 15.8 Å². The molecule has 0 aliphatic carbocycles. The summed E-state index contributed by atoms with van der Waals surface area (Å²) in [6.07, 6.45) is 3.74. The van der Waals surface area contributed by atoms with E-state index in [2.05, 4.69) is 10.3 Å². The Kier molecular flexibility index (Phi) is 6.44. The second kappa shape index (κ2) is 8.99. The van der Waals surface area contributed by atoms with Crippen molar-refractivity contribution in [1.29, 1.82) is 0 Å². The molecule has 0 radical (unpaired) electrons. The van der Waals surface area contributed by atoms with Crippen LogP contribution in [-0.2, 0) is 6.54 Å². The van der Waals surface area contributed by atoms with Crippen molar-refractivity contribution in [3.8, 4) is 0 Å². The summed E-state index contributed by atoms with van der Waals surface area (Å²) in [4.78, 5) is 29.0. The van der Waals surface area contributed by atoms with E-state index in [1.807, 2.05) is 49.9 Å². The van der Waals surface area contributed by atoms with Crippen LogP contribution < -0.4 is 0 Å². The van der Waals surface area contributed by atoms with Gasteiger partial charge in [-0.25, -0.2) is 0 Å². The number of nitrogens with zero attached hydrogens (tertiary/aromatic N) is 5. The summed E-state index contributed by atoms with van der Waals surface area (Å²) in [6.45, 7) is 9.33. The number of hydrogen-bond acceptors (Lipinski definition) is 4. The zero-order valence-corrected chi connectivity index (χ0v) is 17.0. The molecule has 0 unspecified atom stereocenters. The van der Waals surface area contributed by atoms with Gasteiger partial charge in [0, 0.05) is 38.3 Å². The second-order valence-electron chi connectivity index (χ2n) is 7.38. The van der Waals surface area contributed by atoms with E-state index in [1.165, 1.54) is 0 Å². The molecule has 150 valence electrons. The number of aryl methyl sites for hydroxylation is 1. The molecule has 1 fully saturated rings. The molecule has 2 amide bonds. The molecule has 0 spiro atoms. The van der Waals surface area contributed by atoms with Gasteiger partial charge in [0.05, 0.1) is 6.20 Å². The zero-order chi connectivity index (χ0) is 20.1. The molecule has 1 atom stereocenters. The Morgan fingerprint density at radius 1 is 1.21 bits per heavy atom. The Morgan fingerprint density at radius 3 is 2.68 bits per heavy atom. The Balaban J connectivity index is 1.63. The van der Waals surface area contributed by atoms with E-state index in [0.717, 1.165) is 30.5 Å². The van der Waals surface area contributed by atoms with Crippen molar-refractivity contribution in [1.82, 2.24) is 24.8 Å². The first-order valence-corrected chi connectivity index (χ1v) is 10.1. The molecular formula is C21H29N5O2. The van der Waals surface area contributed by atoms with Crippen molar-refractivity contribution < 1.29 is 9.59 Å². The van der Waals surface area contributed by atoms with Crippen LogP contribution in [0.25, 0.3) is 0 Å². The van der Waals surface area contributed by atoms with Crippen molar-refractivity contribution >= 4 is 11.8 Å². The third kappa shape index (κ3) is 4.40. The largest absolute Gasteiger partial charge is 0.338 e. The molecule has 7 heteroatoms. The summed E-state index contributed by atoms with van der Waals surface area (Å²) in [5, 5.41) is 8.19. The van der Waals surface area contributed by atoms with Crippen LogP contribution >= 0.6 is 0 Å². The molecule has 1 aromatic heterocycles. The molecule has 7 nitrogen and oxygen atoms in total. The van der Waals surface area contributed by atoms with Gasteiger partial charge in [0.2, 0.25) is 0 Å².